The Morgan fingerprint density at radius 2 is 2.13 bits per heavy atom. The van der Waals surface area contributed by atoms with E-state index in [0.29, 0.717) is 6.42 Å². The van der Waals surface area contributed by atoms with Gasteiger partial charge in [-0.15, -0.1) is 11.3 Å². The third kappa shape index (κ3) is 1.94. The second-order valence-corrected chi connectivity index (χ2v) is 4.42. The lowest BCUT2D eigenvalue weighted by Gasteiger charge is -1.98. The highest BCUT2D eigenvalue weighted by Gasteiger charge is 2.10. The molecule has 0 aliphatic rings. The minimum absolute atomic E-state index is 0.130. The molecule has 78 valence electrons. The molecule has 0 radical (unpaired) electrons. The SMILES string of the molecule is Nc1sc2ccccc2c1CCC(=O)O. The van der Waals surface area contributed by atoms with Gasteiger partial charge in [-0.2, -0.15) is 0 Å². The van der Waals surface area contributed by atoms with Crippen LogP contribution >= 0.6 is 11.3 Å². The highest BCUT2D eigenvalue weighted by molar-refractivity contribution is 7.22. The number of aliphatic carboxylic acids is 1. The number of carboxylic acids is 1. The van der Waals surface area contributed by atoms with Gasteiger partial charge in [0.25, 0.3) is 0 Å². The molecule has 1 aromatic carbocycles. The number of nitrogens with two attached hydrogens (primary N) is 1. The summed E-state index contributed by atoms with van der Waals surface area (Å²) in [6.07, 6.45) is 0.635. The summed E-state index contributed by atoms with van der Waals surface area (Å²) in [5, 5.41) is 10.5. The molecular formula is C11H11NO2S. The molecule has 3 nitrogen and oxygen atoms in total. The second kappa shape index (κ2) is 3.90. The van der Waals surface area contributed by atoms with Crippen LogP contribution in [-0.2, 0) is 11.2 Å². The summed E-state index contributed by atoms with van der Waals surface area (Å²) in [5.41, 5.74) is 6.84. The van der Waals surface area contributed by atoms with Crippen LogP contribution in [0.15, 0.2) is 24.3 Å². The number of hydrogen-bond acceptors (Lipinski definition) is 3. The maximum absolute atomic E-state index is 10.5. The molecule has 0 atom stereocenters. The van der Waals surface area contributed by atoms with E-state index in [-0.39, 0.29) is 6.42 Å². The molecule has 1 heterocycles. The average Bonchev–Trinajstić information content (AvgIpc) is 2.50. The van der Waals surface area contributed by atoms with Gasteiger partial charge in [0.2, 0.25) is 0 Å². The Bertz CT molecular complexity index is 504. The van der Waals surface area contributed by atoms with Crippen molar-refractivity contribution in [2.45, 2.75) is 12.8 Å². The number of anilines is 1. The number of aryl methyl sites for hydroxylation is 1. The minimum atomic E-state index is -0.787. The van der Waals surface area contributed by atoms with Gasteiger partial charge in [0.15, 0.2) is 0 Å². The zero-order valence-electron chi connectivity index (χ0n) is 8.06. The van der Waals surface area contributed by atoms with Gasteiger partial charge in [-0.05, 0) is 23.4 Å². The molecule has 0 fully saturated rings. The number of fused-ring (bicyclic) bond motifs is 1. The third-order valence-corrected chi connectivity index (χ3v) is 3.36. The van der Waals surface area contributed by atoms with Crippen LogP contribution in [0.2, 0.25) is 0 Å². The van der Waals surface area contributed by atoms with Crippen LogP contribution in [0.3, 0.4) is 0 Å². The van der Waals surface area contributed by atoms with E-state index in [2.05, 4.69) is 0 Å². The number of nitrogen functional groups attached to an aromatic ring is 1. The molecule has 0 saturated carbocycles. The Balaban J connectivity index is 2.40. The molecule has 0 bridgehead atoms. The molecule has 0 amide bonds. The fraction of sp³-hybridized carbons (Fsp3) is 0.182. The van der Waals surface area contributed by atoms with E-state index in [1.54, 1.807) is 0 Å². The molecule has 15 heavy (non-hydrogen) atoms. The van der Waals surface area contributed by atoms with Crippen molar-refractivity contribution in [3.8, 4) is 0 Å². The first-order valence-electron chi connectivity index (χ1n) is 4.66. The fourth-order valence-electron chi connectivity index (χ4n) is 1.61. The van der Waals surface area contributed by atoms with E-state index in [0.717, 1.165) is 20.7 Å². The monoisotopic (exact) mass is 221 g/mol. The average molecular weight is 221 g/mol. The standard InChI is InChI=1S/C11H11NO2S/c12-11-8(5-6-10(13)14)7-3-1-2-4-9(7)15-11/h1-4H,5-6,12H2,(H,13,14). The predicted molar refractivity (Wildman–Crippen MR) is 62.2 cm³/mol. The summed E-state index contributed by atoms with van der Waals surface area (Å²) in [7, 11) is 0. The van der Waals surface area contributed by atoms with Gasteiger partial charge >= 0.3 is 5.97 Å². The molecule has 2 aromatic rings. The molecule has 0 aliphatic heterocycles. The maximum Gasteiger partial charge on any atom is 0.303 e. The van der Waals surface area contributed by atoms with Gasteiger partial charge in [0, 0.05) is 11.1 Å². The number of carbonyl (C=O) groups is 1. The van der Waals surface area contributed by atoms with Gasteiger partial charge in [-0.25, -0.2) is 0 Å². The summed E-state index contributed by atoms with van der Waals surface area (Å²) in [5.74, 6) is -0.787. The van der Waals surface area contributed by atoms with Crippen molar-refractivity contribution in [3.05, 3.63) is 29.8 Å². The van der Waals surface area contributed by atoms with Gasteiger partial charge in [-0.1, -0.05) is 18.2 Å². The van der Waals surface area contributed by atoms with Crippen molar-refractivity contribution < 1.29 is 9.90 Å². The Kier molecular flexibility index (Phi) is 2.60. The summed E-state index contributed by atoms with van der Waals surface area (Å²) in [4.78, 5) is 10.5. The minimum Gasteiger partial charge on any atom is -0.481 e. The van der Waals surface area contributed by atoms with Crippen LogP contribution in [-0.4, -0.2) is 11.1 Å². The van der Waals surface area contributed by atoms with Crippen LogP contribution < -0.4 is 5.73 Å². The first-order chi connectivity index (χ1) is 7.18. The number of rotatable bonds is 3. The van der Waals surface area contributed by atoms with Crippen molar-refractivity contribution in [2.24, 2.45) is 0 Å². The van der Waals surface area contributed by atoms with Crippen LogP contribution in [0.1, 0.15) is 12.0 Å². The predicted octanol–water partition coefficient (Wildman–Crippen LogP) is 2.50. The maximum atomic E-state index is 10.5. The molecule has 1 aromatic heterocycles. The van der Waals surface area contributed by atoms with Crippen molar-refractivity contribution in [2.75, 3.05) is 5.73 Å². The van der Waals surface area contributed by atoms with Crippen LogP contribution in [0.4, 0.5) is 5.00 Å². The van der Waals surface area contributed by atoms with E-state index >= 15 is 0 Å². The molecular weight excluding hydrogens is 210 g/mol. The quantitative estimate of drug-likeness (QED) is 0.837. The van der Waals surface area contributed by atoms with E-state index in [4.69, 9.17) is 10.8 Å². The Labute approximate surface area is 91.1 Å². The van der Waals surface area contributed by atoms with E-state index < -0.39 is 5.97 Å². The molecule has 0 aliphatic carbocycles. The van der Waals surface area contributed by atoms with Crippen molar-refractivity contribution >= 4 is 32.4 Å². The number of carboxylic acid groups (broad SMARTS) is 1. The first kappa shape index (κ1) is 9.98. The molecule has 3 N–H and O–H groups in total. The molecule has 0 spiro atoms. The molecule has 0 unspecified atom stereocenters. The number of hydrogen-bond donors (Lipinski definition) is 2. The second-order valence-electron chi connectivity index (χ2n) is 3.33. The zero-order valence-corrected chi connectivity index (χ0v) is 8.88. The first-order valence-corrected chi connectivity index (χ1v) is 5.48. The summed E-state index contributed by atoms with van der Waals surface area (Å²) >= 11 is 1.52. The zero-order chi connectivity index (χ0) is 10.8. The lowest BCUT2D eigenvalue weighted by Crippen LogP contribution is -1.98. The Morgan fingerprint density at radius 3 is 2.87 bits per heavy atom. The lowest BCUT2D eigenvalue weighted by molar-refractivity contribution is -0.136. The largest absolute Gasteiger partial charge is 0.481 e. The van der Waals surface area contributed by atoms with Crippen molar-refractivity contribution in [1.29, 1.82) is 0 Å². The van der Waals surface area contributed by atoms with Crippen LogP contribution in [0.5, 0.6) is 0 Å². The van der Waals surface area contributed by atoms with Gasteiger partial charge in [0.1, 0.15) is 0 Å². The topological polar surface area (TPSA) is 63.3 Å². The van der Waals surface area contributed by atoms with Crippen molar-refractivity contribution in [1.82, 2.24) is 0 Å². The van der Waals surface area contributed by atoms with E-state index in [1.165, 1.54) is 11.3 Å². The van der Waals surface area contributed by atoms with Crippen LogP contribution in [0.25, 0.3) is 10.1 Å². The van der Waals surface area contributed by atoms with E-state index in [1.807, 2.05) is 24.3 Å². The molecule has 2 rings (SSSR count). The van der Waals surface area contributed by atoms with Gasteiger partial charge in [-0.3, -0.25) is 4.79 Å². The number of benzene rings is 1. The number of thiophene rings is 1. The smallest absolute Gasteiger partial charge is 0.303 e. The Hall–Kier alpha value is -1.55. The van der Waals surface area contributed by atoms with E-state index in [9.17, 15) is 4.79 Å². The summed E-state index contributed by atoms with van der Waals surface area (Å²) < 4.78 is 1.12. The molecule has 0 saturated heterocycles. The molecule has 4 heteroatoms. The third-order valence-electron chi connectivity index (χ3n) is 2.32. The lowest BCUT2D eigenvalue weighted by atomic mass is 10.1. The van der Waals surface area contributed by atoms with Crippen LogP contribution in [0, 0.1) is 0 Å². The highest BCUT2D eigenvalue weighted by Crippen LogP contribution is 2.33. The normalized spacial score (nSPS) is 10.7. The van der Waals surface area contributed by atoms with Crippen molar-refractivity contribution in [3.63, 3.8) is 0 Å². The Morgan fingerprint density at radius 1 is 1.40 bits per heavy atom. The van der Waals surface area contributed by atoms with Gasteiger partial charge in [0.05, 0.1) is 5.00 Å². The summed E-state index contributed by atoms with van der Waals surface area (Å²) in [6.45, 7) is 0. The fourth-order valence-corrected chi connectivity index (χ4v) is 2.63. The highest BCUT2D eigenvalue weighted by atomic mass is 32.1. The van der Waals surface area contributed by atoms with Gasteiger partial charge < -0.3 is 10.8 Å². The summed E-state index contributed by atoms with van der Waals surface area (Å²) in [6, 6.07) is 7.89.